The van der Waals surface area contributed by atoms with E-state index in [1.54, 1.807) is 37.3 Å². The fourth-order valence-electron chi connectivity index (χ4n) is 7.72. The summed E-state index contributed by atoms with van der Waals surface area (Å²) in [6.07, 6.45) is 1.65. The molecule has 9 nitrogen and oxygen atoms in total. The molecule has 1 amide bonds. The molecule has 2 bridgehead atoms. The molecule has 3 aliphatic carbocycles. The highest BCUT2D eigenvalue weighted by Gasteiger charge is 2.57. The number of methoxy groups -OCH3 is 1. The highest BCUT2D eigenvalue weighted by Crippen LogP contribution is 2.61. The number of carbonyl (C=O) groups excluding carboxylic acids is 1. The second kappa shape index (κ2) is 11.5. The fourth-order valence-corrected chi connectivity index (χ4v) is 8.39. The first-order valence-corrected chi connectivity index (χ1v) is 16.7. The molecule has 3 saturated carbocycles. The summed E-state index contributed by atoms with van der Waals surface area (Å²) >= 11 is 0. The van der Waals surface area contributed by atoms with Gasteiger partial charge in [-0.25, -0.2) is 8.42 Å². The zero-order chi connectivity index (χ0) is 30.6. The van der Waals surface area contributed by atoms with Gasteiger partial charge in [0.05, 0.1) is 31.3 Å². The first-order valence-electron chi connectivity index (χ1n) is 14.8. The standard InChI is InChI=1S/C32H44N2O7S/c1-18-25-14-22(32(25,3)4)15-26(18)33-31(37)29-28(19(2)36)27(17-35)41-34(29)16-21-10-8-12-24(30(21)40-5)20-9-7-11-23(13-20)42(6,38)39/h7-13,18-19,22,25-29,35-36H,14-17H2,1-6H3,(H,33,37)/t18-,19-,22+,25-,26-,27-,28-,29?/m0/s1. The third-order valence-corrected chi connectivity index (χ3v) is 11.4. The van der Waals surface area contributed by atoms with Gasteiger partial charge in [-0.2, -0.15) is 5.06 Å². The van der Waals surface area contributed by atoms with Gasteiger partial charge in [-0.15, -0.1) is 0 Å². The second-order valence-electron chi connectivity index (χ2n) is 13.0. The van der Waals surface area contributed by atoms with E-state index in [0.717, 1.165) is 12.0 Å². The molecule has 1 unspecified atom stereocenters. The third kappa shape index (κ3) is 5.48. The van der Waals surface area contributed by atoms with Gasteiger partial charge in [-0.3, -0.25) is 9.63 Å². The Kier molecular flexibility index (Phi) is 8.50. The molecule has 2 aromatic rings. The molecule has 4 fully saturated rings. The molecule has 1 heterocycles. The van der Waals surface area contributed by atoms with Gasteiger partial charge >= 0.3 is 0 Å². The van der Waals surface area contributed by atoms with Crippen molar-refractivity contribution in [2.45, 2.75) is 76.3 Å². The van der Waals surface area contributed by atoms with Gasteiger partial charge in [-0.05, 0) is 60.6 Å². The van der Waals surface area contributed by atoms with Crippen LogP contribution in [0.3, 0.4) is 0 Å². The first-order chi connectivity index (χ1) is 19.8. The van der Waals surface area contributed by atoms with E-state index in [4.69, 9.17) is 9.57 Å². The highest BCUT2D eigenvalue weighted by molar-refractivity contribution is 7.90. The predicted molar refractivity (Wildman–Crippen MR) is 159 cm³/mol. The van der Waals surface area contributed by atoms with Crippen LogP contribution in [0.1, 0.15) is 46.1 Å². The van der Waals surface area contributed by atoms with Crippen LogP contribution in [0.5, 0.6) is 5.75 Å². The van der Waals surface area contributed by atoms with E-state index in [1.165, 1.54) is 12.7 Å². The number of para-hydroxylation sites is 1. The Hall–Kier alpha value is -2.50. The monoisotopic (exact) mass is 600 g/mol. The van der Waals surface area contributed by atoms with Crippen LogP contribution in [0, 0.1) is 29.1 Å². The van der Waals surface area contributed by atoms with Crippen molar-refractivity contribution in [1.82, 2.24) is 10.4 Å². The van der Waals surface area contributed by atoms with Crippen molar-refractivity contribution in [3.05, 3.63) is 48.0 Å². The van der Waals surface area contributed by atoms with Gasteiger partial charge in [0.2, 0.25) is 5.91 Å². The molecule has 1 saturated heterocycles. The summed E-state index contributed by atoms with van der Waals surface area (Å²) < 4.78 is 30.2. The normalized spacial score (nSPS) is 31.3. The molecule has 0 aromatic heterocycles. The van der Waals surface area contributed by atoms with Crippen LogP contribution in [0.4, 0.5) is 0 Å². The van der Waals surface area contributed by atoms with Crippen molar-refractivity contribution < 1.29 is 33.0 Å². The van der Waals surface area contributed by atoms with E-state index in [9.17, 15) is 23.4 Å². The molecule has 10 heteroatoms. The number of rotatable bonds is 9. The summed E-state index contributed by atoms with van der Waals surface area (Å²) in [5, 5.41) is 25.7. The number of aliphatic hydroxyl groups excluding tert-OH is 2. The average molecular weight is 601 g/mol. The lowest BCUT2D eigenvalue weighted by molar-refractivity contribution is -0.183. The second-order valence-corrected chi connectivity index (χ2v) is 15.0. The van der Waals surface area contributed by atoms with Gasteiger partial charge < -0.3 is 20.3 Å². The van der Waals surface area contributed by atoms with E-state index in [2.05, 4.69) is 26.1 Å². The van der Waals surface area contributed by atoms with Crippen LogP contribution < -0.4 is 10.1 Å². The zero-order valence-electron chi connectivity index (χ0n) is 25.3. The van der Waals surface area contributed by atoms with E-state index in [0.29, 0.717) is 34.6 Å². The number of hydrogen-bond donors (Lipinski definition) is 3. The van der Waals surface area contributed by atoms with Crippen molar-refractivity contribution >= 4 is 15.7 Å². The number of nitrogens with zero attached hydrogens (tertiary/aromatic N) is 1. The van der Waals surface area contributed by atoms with E-state index in [1.807, 2.05) is 24.3 Å². The topological polar surface area (TPSA) is 125 Å². The van der Waals surface area contributed by atoms with E-state index in [-0.39, 0.29) is 35.4 Å². The van der Waals surface area contributed by atoms with Crippen LogP contribution in [0.2, 0.25) is 0 Å². The molecule has 2 aromatic carbocycles. The number of carbonyl (C=O) groups is 1. The van der Waals surface area contributed by atoms with E-state index >= 15 is 0 Å². The Labute approximate surface area is 249 Å². The minimum atomic E-state index is -3.41. The van der Waals surface area contributed by atoms with Gasteiger partial charge in [0, 0.05) is 29.3 Å². The maximum Gasteiger partial charge on any atom is 0.240 e. The number of aliphatic hydroxyl groups is 2. The van der Waals surface area contributed by atoms with E-state index < -0.39 is 34.0 Å². The highest BCUT2D eigenvalue weighted by atomic mass is 32.2. The average Bonchev–Trinajstić information content (AvgIpc) is 3.32. The maximum atomic E-state index is 14.0. The lowest BCUT2D eigenvalue weighted by Gasteiger charge is -2.62. The van der Waals surface area contributed by atoms with Crippen LogP contribution in [-0.2, 0) is 26.0 Å². The molecular weight excluding hydrogens is 556 g/mol. The summed E-state index contributed by atoms with van der Waals surface area (Å²) in [6.45, 7) is 8.29. The SMILES string of the molecule is COc1c(CN2O[C@@H](CO)[C@H]([C@H](C)O)C2C(=O)N[C@H]2C[C@H]3C[C@@H]([C@@H]2C)C3(C)C)cccc1-c1cccc(S(C)(=O)=O)c1. The Morgan fingerprint density at radius 3 is 2.52 bits per heavy atom. The molecule has 230 valence electrons. The van der Waals surface area contributed by atoms with Crippen molar-refractivity contribution in [2.24, 2.45) is 29.1 Å². The lowest BCUT2D eigenvalue weighted by atomic mass is 9.45. The lowest BCUT2D eigenvalue weighted by Crippen LogP contribution is -2.62. The number of amides is 1. The minimum absolute atomic E-state index is 0.0407. The molecular formula is C32H44N2O7S. The molecule has 0 radical (unpaired) electrons. The predicted octanol–water partition coefficient (Wildman–Crippen LogP) is 3.43. The summed E-state index contributed by atoms with van der Waals surface area (Å²) in [7, 11) is -1.86. The minimum Gasteiger partial charge on any atom is -0.496 e. The van der Waals surface area contributed by atoms with Crippen molar-refractivity contribution in [3.8, 4) is 16.9 Å². The zero-order valence-corrected chi connectivity index (χ0v) is 26.1. The summed E-state index contributed by atoms with van der Waals surface area (Å²) in [5.41, 5.74) is 2.38. The number of hydroxylamine groups is 2. The van der Waals surface area contributed by atoms with Crippen molar-refractivity contribution in [3.63, 3.8) is 0 Å². The quantitative estimate of drug-likeness (QED) is 0.400. The van der Waals surface area contributed by atoms with Crippen LogP contribution in [-0.4, -0.2) is 73.9 Å². The van der Waals surface area contributed by atoms with Gasteiger partial charge in [0.25, 0.3) is 0 Å². The van der Waals surface area contributed by atoms with Crippen molar-refractivity contribution in [2.75, 3.05) is 20.0 Å². The number of fused-ring (bicyclic) bond motifs is 2. The van der Waals surface area contributed by atoms with Crippen molar-refractivity contribution in [1.29, 1.82) is 0 Å². The first kappa shape index (κ1) is 30.9. The molecule has 3 N–H and O–H groups in total. The summed E-state index contributed by atoms with van der Waals surface area (Å²) in [5.74, 6) is 1.14. The van der Waals surface area contributed by atoms with Crippen LogP contribution in [0.25, 0.3) is 11.1 Å². The largest absolute Gasteiger partial charge is 0.496 e. The molecule has 6 rings (SSSR count). The number of hydrogen-bond acceptors (Lipinski definition) is 8. The summed E-state index contributed by atoms with van der Waals surface area (Å²) in [4.78, 5) is 20.3. The smallest absolute Gasteiger partial charge is 0.240 e. The third-order valence-electron chi connectivity index (χ3n) is 10.3. The van der Waals surface area contributed by atoms with Crippen LogP contribution >= 0.6 is 0 Å². The Balaban J connectivity index is 1.44. The number of ether oxygens (including phenoxy) is 1. The maximum absolute atomic E-state index is 14.0. The summed E-state index contributed by atoms with van der Waals surface area (Å²) in [6, 6.07) is 11.5. The van der Waals surface area contributed by atoms with Gasteiger partial charge in [-0.1, -0.05) is 51.1 Å². The Morgan fingerprint density at radius 2 is 1.93 bits per heavy atom. The fraction of sp³-hybridized carbons (Fsp3) is 0.594. The molecule has 1 aliphatic heterocycles. The number of nitrogens with one attached hydrogen (secondary N) is 1. The molecule has 8 atom stereocenters. The molecule has 42 heavy (non-hydrogen) atoms. The van der Waals surface area contributed by atoms with Gasteiger partial charge in [0.15, 0.2) is 9.84 Å². The Morgan fingerprint density at radius 1 is 1.21 bits per heavy atom. The van der Waals surface area contributed by atoms with Crippen LogP contribution in [0.15, 0.2) is 47.4 Å². The molecule has 4 aliphatic rings. The number of sulfone groups is 1. The molecule has 0 spiro atoms. The Bertz CT molecular complexity index is 1430. The number of benzene rings is 2. The van der Waals surface area contributed by atoms with Gasteiger partial charge in [0.1, 0.15) is 17.9 Å².